The normalized spacial score (nSPS) is 13.5. The Morgan fingerprint density at radius 3 is 2.34 bits per heavy atom. The monoisotopic (exact) mass is 435 g/mol. The van der Waals surface area contributed by atoms with E-state index in [1.807, 2.05) is 54.6 Å². The first-order valence-corrected chi connectivity index (χ1v) is 10.7. The van der Waals surface area contributed by atoms with Gasteiger partial charge < -0.3 is 10.1 Å². The smallest absolute Gasteiger partial charge is 0.306 e. The van der Waals surface area contributed by atoms with E-state index in [0.29, 0.717) is 18.7 Å². The van der Waals surface area contributed by atoms with E-state index in [1.54, 1.807) is 0 Å². The molecule has 0 fully saturated rings. The van der Waals surface area contributed by atoms with Crippen LogP contribution in [0.4, 0.5) is 5.69 Å². The van der Waals surface area contributed by atoms with Gasteiger partial charge in [0.25, 0.3) is 5.91 Å². The predicted molar refractivity (Wildman–Crippen MR) is 123 cm³/mol. The molecule has 0 atom stereocenters. The van der Waals surface area contributed by atoms with Gasteiger partial charge in [0, 0.05) is 18.5 Å². The summed E-state index contributed by atoms with van der Waals surface area (Å²) in [5.41, 5.74) is 3.66. The van der Waals surface area contributed by atoms with Crippen LogP contribution in [-0.2, 0) is 24.5 Å². The molecule has 0 aliphatic carbocycles. The van der Waals surface area contributed by atoms with Crippen molar-refractivity contribution in [3.05, 3.63) is 65.7 Å². The first kappa shape index (κ1) is 23.2. The molecule has 0 unspecified atom stereocenters. The third kappa shape index (κ3) is 6.51. The standard InChI is InChI=1S/C25H29N3O4/c1-25(2,3)19-9-11-20(12-10-19)26-22(29)17-32-24(31)14-13-23(30)28-16-15-21(27-28)18-7-5-4-6-8-18/h4-12H,13-17H2,1-3H3,(H,26,29). The number of carbonyl (C=O) groups is 3. The molecular weight excluding hydrogens is 406 g/mol. The van der Waals surface area contributed by atoms with E-state index in [4.69, 9.17) is 4.74 Å². The van der Waals surface area contributed by atoms with Gasteiger partial charge in [0.15, 0.2) is 6.61 Å². The molecule has 0 bridgehead atoms. The molecular formula is C25H29N3O4. The molecule has 3 rings (SSSR count). The summed E-state index contributed by atoms with van der Waals surface area (Å²) >= 11 is 0. The van der Waals surface area contributed by atoms with Gasteiger partial charge in [-0.25, -0.2) is 5.01 Å². The van der Waals surface area contributed by atoms with Gasteiger partial charge in [-0.15, -0.1) is 0 Å². The highest BCUT2D eigenvalue weighted by molar-refractivity contribution is 6.02. The third-order valence-electron chi connectivity index (χ3n) is 5.14. The van der Waals surface area contributed by atoms with Crippen molar-refractivity contribution in [1.29, 1.82) is 0 Å². The Hall–Kier alpha value is -3.48. The second kappa shape index (κ2) is 10.2. The van der Waals surface area contributed by atoms with E-state index >= 15 is 0 Å². The summed E-state index contributed by atoms with van der Waals surface area (Å²) in [6.07, 6.45) is 0.566. The van der Waals surface area contributed by atoms with Gasteiger partial charge in [0.1, 0.15) is 0 Å². The summed E-state index contributed by atoms with van der Waals surface area (Å²) in [4.78, 5) is 36.3. The molecule has 2 aromatic carbocycles. The first-order valence-electron chi connectivity index (χ1n) is 10.7. The molecule has 0 saturated carbocycles. The SMILES string of the molecule is CC(C)(C)c1ccc(NC(=O)COC(=O)CCC(=O)N2CCC(c3ccccc3)=N2)cc1. The Morgan fingerprint density at radius 2 is 1.69 bits per heavy atom. The molecule has 0 saturated heterocycles. The second-order valence-electron chi connectivity index (χ2n) is 8.72. The molecule has 0 aromatic heterocycles. The highest BCUT2D eigenvalue weighted by atomic mass is 16.5. The minimum Gasteiger partial charge on any atom is -0.456 e. The van der Waals surface area contributed by atoms with Crippen molar-refractivity contribution >= 4 is 29.2 Å². The highest BCUT2D eigenvalue weighted by Gasteiger charge is 2.22. The van der Waals surface area contributed by atoms with Crippen LogP contribution in [0, 0.1) is 0 Å². The zero-order valence-electron chi connectivity index (χ0n) is 18.8. The molecule has 7 nitrogen and oxygen atoms in total. The van der Waals surface area contributed by atoms with E-state index in [-0.39, 0.29) is 24.2 Å². The van der Waals surface area contributed by atoms with E-state index in [9.17, 15) is 14.4 Å². The maximum atomic E-state index is 12.3. The van der Waals surface area contributed by atoms with Crippen LogP contribution in [0.25, 0.3) is 0 Å². The van der Waals surface area contributed by atoms with E-state index in [0.717, 1.165) is 16.8 Å². The lowest BCUT2D eigenvalue weighted by molar-refractivity contribution is -0.148. The lowest BCUT2D eigenvalue weighted by Crippen LogP contribution is -2.25. The zero-order valence-corrected chi connectivity index (χ0v) is 18.8. The fourth-order valence-electron chi connectivity index (χ4n) is 3.28. The quantitative estimate of drug-likeness (QED) is 0.669. The molecule has 0 spiro atoms. The van der Waals surface area contributed by atoms with Crippen LogP contribution < -0.4 is 5.32 Å². The van der Waals surface area contributed by atoms with Crippen molar-refractivity contribution in [2.45, 2.75) is 45.4 Å². The van der Waals surface area contributed by atoms with Crippen molar-refractivity contribution < 1.29 is 19.1 Å². The Morgan fingerprint density at radius 1 is 1.00 bits per heavy atom. The van der Waals surface area contributed by atoms with Gasteiger partial charge in [-0.2, -0.15) is 5.10 Å². The Labute approximate surface area is 188 Å². The van der Waals surface area contributed by atoms with Crippen molar-refractivity contribution in [2.75, 3.05) is 18.5 Å². The van der Waals surface area contributed by atoms with Gasteiger partial charge in [-0.3, -0.25) is 14.4 Å². The number of carbonyl (C=O) groups excluding carboxylic acids is 3. The summed E-state index contributed by atoms with van der Waals surface area (Å²) in [7, 11) is 0. The molecule has 1 heterocycles. The number of benzene rings is 2. The number of hydrogen-bond acceptors (Lipinski definition) is 5. The number of nitrogens with one attached hydrogen (secondary N) is 1. The number of amides is 2. The summed E-state index contributed by atoms with van der Waals surface area (Å²) in [6, 6.07) is 17.2. The van der Waals surface area contributed by atoms with Crippen LogP contribution in [-0.4, -0.2) is 41.7 Å². The molecule has 1 N–H and O–H groups in total. The fraction of sp³-hybridized carbons (Fsp3) is 0.360. The zero-order chi connectivity index (χ0) is 23.1. The van der Waals surface area contributed by atoms with Crippen LogP contribution in [0.1, 0.15) is 51.2 Å². The van der Waals surface area contributed by atoms with Crippen LogP contribution in [0.15, 0.2) is 59.7 Å². The number of anilines is 1. The fourth-order valence-corrected chi connectivity index (χ4v) is 3.28. The molecule has 168 valence electrons. The number of hydrazone groups is 1. The molecule has 1 aliphatic rings. The summed E-state index contributed by atoms with van der Waals surface area (Å²) in [5.74, 6) is -1.26. The average Bonchev–Trinajstić information content (AvgIpc) is 3.27. The second-order valence-corrected chi connectivity index (χ2v) is 8.72. The predicted octanol–water partition coefficient (Wildman–Crippen LogP) is 3.88. The van der Waals surface area contributed by atoms with Crippen molar-refractivity contribution in [1.82, 2.24) is 5.01 Å². The minimum absolute atomic E-state index is 0.0136. The molecule has 32 heavy (non-hydrogen) atoms. The van der Waals surface area contributed by atoms with E-state index in [1.165, 1.54) is 5.01 Å². The minimum atomic E-state index is -0.594. The number of ether oxygens (including phenoxy) is 1. The average molecular weight is 436 g/mol. The van der Waals surface area contributed by atoms with Crippen molar-refractivity contribution in [2.24, 2.45) is 5.10 Å². The number of esters is 1. The number of hydrogen-bond donors (Lipinski definition) is 1. The molecule has 7 heteroatoms. The molecule has 2 aromatic rings. The van der Waals surface area contributed by atoms with Gasteiger partial charge in [-0.05, 0) is 28.7 Å². The van der Waals surface area contributed by atoms with Gasteiger partial charge in [0.05, 0.1) is 18.7 Å². The number of rotatable bonds is 7. The van der Waals surface area contributed by atoms with Gasteiger partial charge in [-0.1, -0.05) is 63.2 Å². The topological polar surface area (TPSA) is 88.1 Å². The maximum absolute atomic E-state index is 12.3. The number of nitrogens with zero attached hydrogens (tertiary/aromatic N) is 2. The van der Waals surface area contributed by atoms with E-state index in [2.05, 4.69) is 31.2 Å². The van der Waals surface area contributed by atoms with Crippen LogP contribution in [0.3, 0.4) is 0 Å². The van der Waals surface area contributed by atoms with Crippen LogP contribution in [0.5, 0.6) is 0 Å². The summed E-state index contributed by atoms with van der Waals surface area (Å²) in [6.45, 7) is 6.44. The van der Waals surface area contributed by atoms with Crippen molar-refractivity contribution in [3.63, 3.8) is 0 Å². The third-order valence-corrected chi connectivity index (χ3v) is 5.14. The Balaban J connectivity index is 1.39. The lowest BCUT2D eigenvalue weighted by atomic mass is 9.87. The first-order chi connectivity index (χ1) is 15.2. The Kier molecular flexibility index (Phi) is 7.41. The Bertz CT molecular complexity index is 992. The molecule has 0 radical (unpaired) electrons. The van der Waals surface area contributed by atoms with Gasteiger partial charge in [0.2, 0.25) is 5.91 Å². The molecule has 1 aliphatic heterocycles. The summed E-state index contributed by atoms with van der Waals surface area (Å²) in [5, 5.41) is 8.45. The lowest BCUT2D eigenvalue weighted by Gasteiger charge is -2.19. The van der Waals surface area contributed by atoms with Crippen LogP contribution >= 0.6 is 0 Å². The van der Waals surface area contributed by atoms with Gasteiger partial charge >= 0.3 is 5.97 Å². The van der Waals surface area contributed by atoms with E-state index < -0.39 is 18.5 Å². The van der Waals surface area contributed by atoms with Crippen LogP contribution in [0.2, 0.25) is 0 Å². The molecule has 2 amide bonds. The highest BCUT2D eigenvalue weighted by Crippen LogP contribution is 2.23. The largest absolute Gasteiger partial charge is 0.456 e. The maximum Gasteiger partial charge on any atom is 0.306 e. The summed E-state index contributed by atoms with van der Waals surface area (Å²) < 4.78 is 5.00. The van der Waals surface area contributed by atoms with Crippen molar-refractivity contribution in [3.8, 4) is 0 Å².